The number of hydrogen-bond donors (Lipinski definition) is 2. The number of rotatable bonds is 9. The molecule has 0 aliphatic rings. The number of aromatic amines is 1. The Morgan fingerprint density at radius 1 is 1.21 bits per heavy atom. The predicted molar refractivity (Wildman–Crippen MR) is 116 cm³/mol. The molecular weight excluding hydrogens is 440 g/mol. The van der Waals surface area contributed by atoms with Crippen LogP contribution in [0, 0.1) is 4.77 Å². The predicted octanol–water partition coefficient (Wildman–Crippen LogP) is 4.99. The molecule has 1 heterocycles. The van der Waals surface area contributed by atoms with E-state index in [2.05, 4.69) is 38.5 Å². The molecule has 1 aromatic heterocycles. The normalized spacial score (nSPS) is 10.7. The van der Waals surface area contributed by atoms with Crippen molar-refractivity contribution in [3.05, 3.63) is 68.7 Å². The van der Waals surface area contributed by atoms with Crippen molar-refractivity contribution in [1.29, 1.82) is 0 Å². The van der Waals surface area contributed by atoms with Crippen molar-refractivity contribution in [2.45, 2.75) is 32.9 Å². The zero-order chi connectivity index (χ0) is 19.9. The Hall–Kier alpha value is -2.32. The van der Waals surface area contributed by atoms with Crippen LogP contribution in [0.25, 0.3) is 0 Å². The van der Waals surface area contributed by atoms with E-state index in [9.17, 15) is 0 Å². The van der Waals surface area contributed by atoms with Crippen LogP contribution < -0.4 is 14.9 Å². The van der Waals surface area contributed by atoms with Crippen molar-refractivity contribution in [2.24, 2.45) is 0 Å². The largest absolute Gasteiger partial charge is 0.493 e. The monoisotopic (exact) mass is 462 g/mol. The molecule has 0 atom stereocenters. The fraction of sp³-hybridized carbons (Fsp3) is 0.300. The zero-order valence-electron chi connectivity index (χ0n) is 15.9. The number of H-pyrrole nitrogens is 1. The highest BCUT2D eigenvalue weighted by Crippen LogP contribution is 2.34. The Bertz CT molecular complexity index is 972. The third-order valence-corrected chi connectivity index (χ3v) is 5.22. The molecular formula is C20H23BrN4O2S. The standard InChI is InChI=1S/C20H23BrN4O2S/c1-3-7-19-23-24-20(28)25(19)22-12-15-10-17(26-2)18(11-16(15)21)27-13-14-8-5-4-6-9-14/h4-6,8-11,22H,3,7,12-13H2,1-2H3,(H,24,28). The molecule has 0 saturated carbocycles. The number of aromatic nitrogens is 3. The van der Waals surface area contributed by atoms with Crippen molar-refractivity contribution < 1.29 is 9.47 Å². The number of ether oxygens (including phenoxy) is 2. The van der Waals surface area contributed by atoms with Crippen LogP contribution in [-0.2, 0) is 19.6 Å². The van der Waals surface area contributed by atoms with E-state index in [1.165, 1.54) is 0 Å². The second-order valence-electron chi connectivity index (χ2n) is 6.23. The van der Waals surface area contributed by atoms with Crippen molar-refractivity contribution in [1.82, 2.24) is 14.9 Å². The van der Waals surface area contributed by atoms with Crippen LogP contribution in [0.15, 0.2) is 46.9 Å². The average Bonchev–Trinajstić information content (AvgIpc) is 3.06. The lowest BCUT2D eigenvalue weighted by molar-refractivity contribution is 0.284. The Balaban J connectivity index is 1.74. The highest BCUT2D eigenvalue weighted by atomic mass is 79.9. The Kier molecular flexibility index (Phi) is 7.11. The first-order valence-electron chi connectivity index (χ1n) is 9.05. The summed E-state index contributed by atoms with van der Waals surface area (Å²) in [6.07, 6.45) is 1.84. The molecule has 0 unspecified atom stereocenters. The lowest BCUT2D eigenvalue weighted by Crippen LogP contribution is -2.18. The zero-order valence-corrected chi connectivity index (χ0v) is 18.3. The van der Waals surface area contributed by atoms with E-state index in [4.69, 9.17) is 21.7 Å². The van der Waals surface area contributed by atoms with Crippen LogP contribution in [0.1, 0.15) is 30.3 Å². The summed E-state index contributed by atoms with van der Waals surface area (Å²) in [6.45, 7) is 3.14. The number of hydrogen-bond acceptors (Lipinski definition) is 5. The molecule has 28 heavy (non-hydrogen) atoms. The van der Waals surface area contributed by atoms with Gasteiger partial charge in [0.2, 0.25) is 4.77 Å². The van der Waals surface area contributed by atoms with Gasteiger partial charge in [-0.25, -0.2) is 4.68 Å². The van der Waals surface area contributed by atoms with Gasteiger partial charge in [0, 0.05) is 10.9 Å². The van der Waals surface area contributed by atoms with Crippen LogP contribution in [0.5, 0.6) is 11.5 Å². The Labute approximate surface area is 178 Å². The van der Waals surface area contributed by atoms with Gasteiger partial charge in [-0.2, -0.15) is 5.10 Å². The van der Waals surface area contributed by atoms with Gasteiger partial charge in [0.25, 0.3) is 0 Å². The minimum absolute atomic E-state index is 0.478. The van der Waals surface area contributed by atoms with E-state index in [-0.39, 0.29) is 0 Å². The van der Waals surface area contributed by atoms with Gasteiger partial charge in [-0.05, 0) is 41.9 Å². The number of halogens is 1. The van der Waals surface area contributed by atoms with Gasteiger partial charge in [-0.1, -0.05) is 53.2 Å². The lowest BCUT2D eigenvalue weighted by Gasteiger charge is -2.15. The van der Waals surface area contributed by atoms with E-state index in [1.54, 1.807) is 7.11 Å². The number of aryl methyl sites for hydroxylation is 1. The van der Waals surface area contributed by atoms with Gasteiger partial charge in [0.05, 0.1) is 13.7 Å². The van der Waals surface area contributed by atoms with Crippen molar-refractivity contribution >= 4 is 28.1 Å². The number of nitrogens with one attached hydrogen (secondary N) is 2. The second-order valence-corrected chi connectivity index (χ2v) is 7.48. The van der Waals surface area contributed by atoms with Crippen LogP contribution in [0.3, 0.4) is 0 Å². The van der Waals surface area contributed by atoms with Crippen LogP contribution in [-0.4, -0.2) is 22.0 Å². The van der Waals surface area contributed by atoms with Gasteiger partial charge in [-0.3, -0.25) is 5.10 Å². The summed E-state index contributed by atoms with van der Waals surface area (Å²) < 4.78 is 14.8. The van der Waals surface area contributed by atoms with Crippen molar-refractivity contribution in [3.8, 4) is 11.5 Å². The smallest absolute Gasteiger partial charge is 0.214 e. The van der Waals surface area contributed by atoms with Crippen LogP contribution >= 0.6 is 28.1 Å². The molecule has 0 saturated heterocycles. The molecule has 8 heteroatoms. The molecule has 0 amide bonds. The summed E-state index contributed by atoms with van der Waals surface area (Å²) in [7, 11) is 1.64. The minimum atomic E-state index is 0.478. The first-order valence-corrected chi connectivity index (χ1v) is 10.3. The first kappa shape index (κ1) is 20.4. The van der Waals surface area contributed by atoms with E-state index in [1.807, 2.05) is 47.1 Å². The fourth-order valence-electron chi connectivity index (χ4n) is 2.77. The van der Waals surface area contributed by atoms with Gasteiger partial charge < -0.3 is 14.9 Å². The fourth-order valence-corrected chi connectivity index (χ4v) is 3.45. The summed E-state index contributed by atoms with van der Waals surface area (Å²) in [5.41, 5.74) is 5.45. The molecule has 0 aliphatic carbocycles. The van der Waals surface area contributed by atoms with E-state index < -0.39 is 0 Å². The summed E-state index contributed by atoms with van der Waals surface area (Å²) in [6, 6.07) is 13.9. The number of nitrogens with zero attached hydrogens (tertiary/aromatic N) is 2. The molecule has 0 radical (unpaired) electrons. The molecule has 0 spiro atoms. The highest BCUT2D eigenvalue weighted by molar-refractivity contribution is 9.10. The second kappa shape index (κ2) is 9.75. The third kappa shape index (κ3) is 4.94. The minimum Gasteiger partial charge on any atom is -0.493 e. The maximum atomic E-state index is 5.96. The van der Waals surface area contributed by atoms with Gasteiger partial charge in [0.15, 0.2) is 17.3 Å². The third-order valence-electron chi connectivity index (χ3n) is 4.21. The van der Waals surface area contributed by atoms with Crippen LogP contribution in [0.4, 0.5) is 0 Å². The summed E-state index contributed by atoms with van der Waals surface area (Å²) in [4.78, 5) is 0. The number of methoxy groups -OCH3 is 1. The quantitative estimate of drug-likeness (QED) is 0.438. The average molecular weight is 463 g/mol. The van der Waals surface area contributed by atoms with Crippen LogP contribution in [0.2, 0.25) is 0 Å². The molecule has 3 aromatic rings. The molecule has 6 nitrogen and oxygen atoms in total. The topological polar surface area (TPSA) is 64.1 Å². The Morgan fingerprint density at radius 3 is 2.71 bits per heavy atom. The maximum absolute atomic E-state index is 5.96. The maximum Gasteiger partial charge on any atom is 0.214 e. The van der Waals surface area contributed by atoms with Gasteiger partial charge >= 0.3 is 0 Å². The molecule has 0 bridgehead atoms. The summed E-state index contributed by atoms with van der Waals surface area (Å²) in [5.74, 6) is 2.26. The van der Waals surface area contributed by atoms with Gasteiger partial charge in [0.1, 0.15) is 6.61 Å². The summed E-state index contributed by atoms with van der Waals surface area (Å²) in [5, 5.41) is 7.10. The molecule has 2 aromatic carbocycles. The Morgan fingerprint density at radius 2 is 2.00 bits per heavy atom. The van der Waals surface area contributed by atoms with E-state index in [0.29, 0.717) is 29.4 Å². The number of benzene rings is 2. The first-order chi connectivity index (χ1) is 13.6. The highest BCUT2D eigenvalue weighted by Gasteiger charge is 2.12. The van der Waals surface area contributed by atoms with Crippen molar-refractivity contribution in [2.75, 3.05) is 12.5 Å². The molecule has 3 rings (SSSR count). The van der Waals surface area contributed by atoms with Gasteiger partial charge in [-0.15, -0.1) is 0 Å². The molecule has 0 fully saturated rings. The molecule has 2 N–H and O–H groups in total. The lowest BCUT2D eigenvalue weighted by atomic mass is 10.2. The summed E-state index contributed by atoms with van der Waals surface area (Å²) >= 11 is 8.95. The van der Waals surface area contributed by atoms with E-state index >= 15 is 0 Å². The molecule has 0 aliphatic heterocycles. The molecule has 148 valence electrons. The van der Waals surface area contributed by atoms with Crippen molar-refractivity contribution in [3.63, 3.8) is 0 Å². The SMILES string of the molecule is CCCc1n[nH]c(=S)n1NCc1cc(OC)c(OCc2ccccc2)cc1Br. The van der Waals surface area contributed by atoms with E-state index in [0.717, 1.165) is 34.3 Å².